The number of methoxy groups -OCH3 is 1. The lowest BCUT2D eigenvalue weighted by Gasteiger charge is -2.06. The average Bonchev–Trinajstić information content (AvgIpc) is 3.06. The normalized spacial score (nSPS) is 10.7. The summed E-state index contributed by atoms with van der Waals surface area (Å²) in [5.41, 5.74) is 0.312. The number of amides is 1. The number of aromatic nitrogens is 4. The van der Waals surface area contributed by atoms with E-state index >= 15 is 0 Å². The van der Waals surface area contributed by atoms with E-state index in [9.17, 15) is 9.59 Å². The van der Waals surface area contributed by atoms with Gasteiger partial charge in [0.05, 0.1) is 12.8 Å². The smallest absolute Gasteiger partial charge is 0.351 e. The van der Waals surface area contributed by atoms with Gasteiger partial charge in [-0.25, -0.2) is 18.9 Å². The van der Waals surface area contributed by atoms with E-state index in [-0.39, 0.29) is 18.1 Å². The summed E-state index contributed by atoms with van der Waals surface area (Å²) >= 11 is 3.37. The zero-order valence-electron chi connectivity index (χ0n) is 15.8. The van der Waals surface area contributed by atoms with Crippen molar-refractivity contribution < 1.29 is 14.3 Å². The second-order valence-electron chi connectivity index (χ2n) is 6.18. The summed E-state index contributed by atoms with van der Waals surface area (Å²) in [5, 5.41) is 6.97. The first kappa shape index (κ1) is 19.6. The molecule has 0 aliphatic carbocycles. The predicted octanol–water partition coefficient (Wildman–Crippen LogP) is 3.09. The van der Waals surface area contributed by atoms with E-state index in [2.05, 4.69) is 31.3 Å². The zero-order chi connectivity index (χ0) is 21.1. The molecule has 30 heavy (non-hydrogen) atoms. The van der Waals surface area contributed by atoms with Gasteiger partial charge in [0, 0.05) is 22.9 Å². The zero-order valence-corrected chi connectivity index (χ0v) is 17.4. The first-order chi connectivity index (χ1) is 14.5. The summed E-state index contributed by atoms with van der Waals surface area (Å²) in [6.45, 7) is -0.263. The summed E-state index contributed by atoms with van der Waals surface area (Å²) < 4.78 is 14.0. The van der Waals surface area contributed by atoms with Crippen LogP contribution in [0.2, 0.25) is 0 Å². The molecule has 0 spiro atoms. The molecule has 4 rings (SSSR count). The van der Waals surface area contributed by atoms with Gasteiger partial charge >= 0.3 is 5.69 Å². The minimum atomic E-state index is -0.481. The molecule has 2 heterocycles. The Bertz CT molecular complexity index is 1280. The molecular weight excluding hydrogens is 454 g/mol. The third-order valence-corrected chi connectivity index (χ3v) is 4.86. The Morgan fingerprint density at radius 3 is 2.77 bits per heavy atom. The van der Waals surface area contributed by atoms with E-state index in [4.69, 9.17) is 9.47 Å². The molecule has 1 amide bonds. The standard InChI is InChI=1S/C20H16BrN5O4/c1-29-13-5-4-6-14(11-13)30-19-18-24-26(20(28)25(18)10-9-22-19)12-17(27)23-16-8-3-2-7-15(16)21/h2-11H,12H2,1H3,(H,23,27). The van der Waals surface area contributed by atoms with Crippen LogP contribution in [0.4, 0.5) is 5.69 Å². The molecule has 0 saturated carbocycles. The summed E-state index contributed by atoms with van der Waals surface area (Å²) in [6, 6.07) is 14.2. The van der Waals surface area contributed by atoms with Crippen LogP contribution in [-0.4, -0.2) is 32.2 Å². The van der Waals surface area contributed by atoms with Gasteiger partial charge in [0.15, 0.2) is 0 Å². The number of hydrogen-bond acceptors (Lipinski definition) is 6. The molecule has 2 aromatic heterocycles. The molecule has 0 fully saturated rings. The monoisotopic (exact) mass is 469 g/mol. The highest BCUT2D eigenvalue weighted by molar-refractivity contribution is 9.10. The summed E-state index contributed by atoms with van der Waals surface area (Å²) in [5.74, 6) is 0.832. The quantitative estimate of drug-likeness (QED) is 0.465. The van der Waals surface area contributed by atoms with Crippen molar-refractivity contribution in [1.82, 2.24) is 19.2 Å². The number of nitrogens with zero attached hydrogens (tertiary/aromatic N) is 4. The first-order valence-electron chi connectivity index (χ1n) is 8.85. The van der Waals surface area contributed by atoms with Crippen LogP contribution < -0.4 is 20.5 Å². The second kappa shape index (κ2) is 8.37. The maximum atomic E-state index is 12.7. The number of anilines is 1. The van der Waals surface area contributed by atoms with Gasteiger partial charge < -0.3 is 14.8 Å². The lowest BCUT2D eigenvalue weighted by molar-refractivity contribution is -0.117. The van der Waals surface area contributed by atoms with Gasteiger partial charge in [0.25, 0.3) is 5.88 Å². The topological polar surface area (TPSA) is 99.8 Å². The minimum Gasteiger partial charge on any atom is -0.497 e. The van der Waals surface area contributed by atoms with Crippen molar-refractivity contribution >= 4 is 33.2 Å². The van der Waals surface area contributed by atoms with Gasteiger partial charge in [-0.1, -0.05) is 18.2 Å². The van der Waals surface area contributed by atoms with Crippen molar-refractivity contribution in [2.24, 2.45) is 0 Å². The lowest BCUT2D eigenvalue weighted by atomic mass is 10.3. The molecule has 152 valence electrons. The number of benzene rings is 2. The third kappa shape index (κ3) is 4.03. The highest BCUT2D eigenvalue weighted by Gasteiger charge is 2.16. The average molecular weight is 470 g/mol. The van der Waals surface area contributed by atoms with Crippen molar-refractivity contribution in [2.75, 3.05) is 12.4 Å². The van der Waals surface area contributed by atoms with Gasteiger partial charge in [-0.2, -0.15) is 0 Å². The number of ether oxygens (including phenoxy) is 2. The molecule has 1 N–H and O–H groups in total. The Morgan fingerprint density at radius 1 is 1.17 bits per heavy atom. The van der Waals surface area contributed by atoms with E-state index in [1.807, 2.05) is 6.07 Å². The molecular formula is C20H16BrN5O4. The van der Waals surface area contributed by atoms with Crippen LogP contribution in [0.15, 0.2) is 70.2 Å². The number of carbonyl (C=O) groups excluding carboxylic acids is 1. The molecule has 0 bridgehead atoms. The van der Waals surface area contributed by atoms with Crippen molar-refractivity contribution in [1.29, 1.82) is 0 Å². The maximum Gasteiger partial charge on any atom is 0.351 e. The summed E-state index contributed by atoms with van der Waals surface area (Å²) in [6.07, 6.45) is 2.89. The number of halogens is 1. The molecule has 4 aromatic rings. The van der Waals surface area contributed by atoms with Crippen molar-refractivity contribution in [3.8, 4) is 17.4 Å². The summed E-state index contributed by atoms with van der Waals surface area (Å²) in [4.78, 5) is 29.2. The number of fused-ring (bicyclic) bond motifs is 1. The Morgan fingerprint density at radius 2 is 1.97 bits per heavy atom. The Labute approximate surface area is 179 Å². The molecule has 0 saturated heterocycles. The molecule has 0 radical (unpaired) electrons. The highest BCUT2D eigenvalue weighted by atomic mass is 79.9. The highest BCUT2D eigenvalue weighted by Crippen LogP contribution is 2.25. The van der Waals surface area contributed by atoms with Gasteiger partial charge in [-0.15, -0.1) is 5.10 Å². The summed E-state index contributed by atoms with van der Waals surface area (Å²) in [7, 11) is 1.55. The number of rotatable bonds is 6. The number of para-hydroxylation sites is 1. The molecule has 0 aliphatic rings. The number of carbonyl (C=O) groups is 1. The number of nitrogens with one attached hydrogen (secondary N) is 1. The van der Waals surface area contributed by atoms with E-state index in [1.54, 1.807) is 49.6 Å². The molecule has 0 unspecified atom stereocenters. The van der Waals surface area contributed by atoms with Crippen LogP contribution in [0, 0.1) is 0 Å². The molecule has 0 atom stereocenters. The van der Waals surface area contributed by atoms with Crippen molar-refractivity contribution in [3.05, 3.63) is 75.9 Å². The first-order valence-corrected chi connectivity index (χ1v) is 9.65. The fourth-order valence-electron chi connectivity index (χ4n) is 2.77. The Hall–Kier alpha value is -3.66. The van der Waals surface area contributed by atoms with Crippen molar-refractivity contribution in [2.45, 2.75) is 6.54 Å². The van der Waals surface area contributed by atoms with Crippen LogP contribution in [0.25, 0.3) is 5.65 Å². The molecule has 9 nitrogen and oxygen atoms in total. The maximum absolute atomic E-state index is 12.7. The van der Waals surface area contributed by atoms with Crippen molar-refractivity contribution in [3.63, 3.8) is 0 Å². The Balaban J connectivity index is 1.60. The third-order valence-electron chi connectivity index (χ3n) is 4.17. The van der Waals surface area contributed by atoms with Gasteiger partial charge in [-0.3, -0.25) is 4.79 Å². The number of hydrogen-bond donors (Lipinski definition) is 1. The second-order valence-corrected chi connectivity index (χ2v) is 7.03. The van der Waals surface area contributed by atoms with Crippen LogP contribution in [0.5, 0.6) is 17.4 Å². The Kier molecular flexibility index (Phi) is 5.48. The van der Waals surface area contributed by atoms with Gasteiger partial charge in [0.1, 0.15) is 18.0 Å². The van der Waals surface area contributed by atoms with Gasteiger partial charge in [-0.05, 0) is 40.2 Å². The van der Waals surface area contributed by atoms with Crippen LogP contribution in [0.3, 0.4) is 0 Å². The van der Waals surface area contributed by atoms with Crippen LogP contribution in [-0.2, 0) is 11.3 Å². The largest absolute Gasteiger partial charge is 0.497 e. The minimum absolute atomic E-state index is 0.132. The fraction of sp³-hybridized carbons (Fsp3) is 0.100. The van der Waals surface area contributed by atoms with E-state index < -0.39 is 11.6 Å². The lowest BCUT2D eigenvalue weighted by Crippen LogP contribution is -2.28. The predicted molar refractivity (Wildman–Crippen MR) is 113 cm³/mol. The van der Waals surface area contributed by atoms with E-state index in [0.717, 1.165) is 9.15 Å². The fourth-order valence-corrected chi connectivity index (χ4v) is 3.15. The molecule has 10 heteroatoms. The van der Waals surface area contributed by atoms with Crippen LogP contribution in [0.1, 0.15) is 0 Å². The van der Waals surface area contributed by atoms with Gasteiger partial charge in [0.2, 0.25) is 11.6 Å². The van der Waals surface area contributed by atoms with Crippen LogP contribution >= 0.6 is 15.9 Å². The van der Waals surface area contributed by atoms with E-state index in [0.29, 0.717) is 17.2 Å². The van der Waals surface area contributed by atoms with E-state index in [1.165, 1.54) is 16.8 Å². The SMILES string of the molecule is COc1cccc(Oc2nccn3c(=O)n(CC(=O)Nc4ccccc4Br)nc23)c1. The molecule has 0 aliphatic heterocycles. The molecule has 2 aromatic carbocycles.